The van der Waals surface area contributed by atoms with Crippen molar-refractivity contribution in [2.24, 2.45) is 0 Å². The molecular formula is C30H28Cl2N4O3S. The van der Waals surface area contributed by atoms with Crippen LogP contribution in [0.1, 0.15) is 34.2 Å². The number of hydrogen-bond donors (Lipinski definition) is 2. The number of carbonyl (C=O) groups excluding carboxylic acids is 1. The van der Waals surface area contributed by atoms with Crippen molar-refractivity contribution in [3.63, 3.8) is 0 Å². The number of aryl methyl sites for hydroxylation is 1. The zero-order chi connectivity index (χ0) is 27.8. The molecule has 0 radical (unpaired) electrons. The summed E-state index contributed by atoms with van der Waals surface area (Å²) in [5, 5.41) is 10.7. The number of thiazole rings is 1. The molecule has 206 valence electrons. The van der Waals surface area contributed by atoms with Crippen LogP contribution in [0.3, 0.4) is 0 Å². The van der Waals surface area contributed by atoms with Crippen LogP contribution >= 0.6 is 34.5 Å². The average Bonchev–Trinajstić information content (AvgIpc) is 3.47. The number of aromatic amines is 1. The van der Waals surface area contributed by atoms with Gasteiger partial charge >= 0.3 is 6.09 Å². The molecule has 40 heavy (non-hydrogen) atoms. The second-order valence-corrected chi connectivity index (χ2v) is 12.1. The van der Waals surface area contributed by atoms with Gasteiger partial charge in [-0.2, -0.15) is 0 Å². The molecule has 4 aromatic rings. The Balaban J connectivity index is 1.28. The van der Waals surface area contributed by atoms with Crippen molar-refractivity contribution in [1.29, 1.82) is 5.41 Å². The van der Waals surface area contributed by atoms with E-state index in [2.05, 4.69) is 17.1 Å². The molecule has 2 atom stereocenters. The fourth-order valence-corrected chi connectivity index (χ4v) is 6.43. The lowest BCUT2D eigenvalue weighted by Crippen LogP contribution is -2.43. The maximum absolute atomic E-state index is 13.5. The summed E-state index contributed by atoms with van der Waals surface area (Å²) in [5.41, 5.74) is 3.11. The normalized spacial score (nSPS) is 17.8. The summed E-state index contributed by atoms with van der Waals surface area (Å²) < 4.78 is 13.6. The van der Waals surface area contributed by atoms with Gasteiger partial charge in [0.05, 0.1) is 11.9 Å². The Morgan fingerprint density at radius 2 is 1.90 bits per heavy atom. The van der Waals surface area contributed by atoms with Gasteiger partial charge in [0, 0.05) is 38.9 Å². The van der Waals surface area contributed by atoms with Gasteiger partial charge in [0.25, 0.3) is 0 Å². The lowest BCUT2D eigenvalue weighted by Gasteiger charge is -2.35. The van der Waals surface area contributed by atoms with Gasteiger partial charge in [-0.15, -0.1) is 22.9 Å². The zero-order valence-electron chi connectivity index (χ0n) is 21.8. The summed E-state index contributed by atoms with van der Waals surface area (Å²) in [6.07, 6.45) is 7.23. The number of nitrogens with zero attached hydrogens (tertiary/aromatic N) is 2. The van der Waals surface area contributed by atoms with Crippen LogP contribution < -0.4 is 24.8 Å². The molecule has 0 saturated carbocycles. The summed E-state index contributed by atoms with van der Waals surface area (Å²) in [5.74, 6) is 1.17. The molecule has 1 aliphatic heterocycles. The SMILES string of the molecule is Cc1cn(CCOc2ccc(C3c4[nH]c5c(c4CCN3C(=O)Oc3ccc(Cl)cc3)=CC(Cl)CC=5)cc2)c(=N)s1. The molecule has 2 aromatic carbocycles. The second-order valence-electron chi connectivity index (χ2n) is 9.89. The van der Waals surface area contributed by atoms with Crippen molar-refractivity contribution in [2.45, 2.75) is 37.7 Å². The topological polar surface area (TPSA) is 83.3 Å². The van der Waals surface area contributed by atoms with E-state index in [9.17, 15) is 4.79 Å². The number of halogens is 2. The molecule has 7 nitrogen and oxygen atoms in total. The van der Waals surface area contributed by atoms with Gasteiger partial charge in [-0.25, -0.2) is 4.79 Å². The summed E-state index contributed by atoms with van der Waals surface area (Å²) in [4.78, 5) is 20.5. The highest BCUT2D eigenvalue weighted by molar-refractivity contribution is 7.09. The van der Waals surface area contributed by atoms with E-state index in [1.54, 1.807) is 29.2 Å². The number of ether oxygens (including phenoxy) is 2. The van der Waals surface area contributed by atoms with Crippen molar-refractivity contribution >= 4 is 52.8 Å². The number of carbonyl (C=O) groups is 1. The van der Waals surface area contributed by atoms with Crippen LogP contribution in [0.25, 0.3) is 12.2 Å². The Bertz CT molecular complexity index is 1720. The molecule has 2 unspecified atom stereocenters. The first kappa shape index (κ1) is 26.7. The van der Waals surface area contributed by atoms with E-state index in [1.165, 1.54) is 16.9 Å². The minimum atomic E-state index is -0.427. The van der Waals surface area contributed by atoms with Gasteiger partial charge in [0.15, 0.2) is 4.80 Å². The predicted octanol–water partition coefficient (Wildman–Crippen LogP) is 5.12. The summed E-state index contributed by atoms with van der Waals surface area (Å²) >= 11 is 13.9. The molecule has 1 amide bonds. The zero-order valence-corrected chi connectivity index (χ0v) is 24.2. The van der Waals surface area contributed by atoms with E-state index in [1.807, 2.05) is 42.0 Å². The highest BCUT2D eigenvalue weighted by atomic mass is 35.5. The Kier molecular flexibility index (Phi) is 7.49. The van der Waals surface area contributed by atoms with Gasteiger partial charge in [-0.1, -0.05) is 35.9 Å². The number of aromatic nitrogens is 2. The first-order valence-electron chi connectivity index (χ1n) is 13.1. The quantitative estimate of drug-likeness (QED) is 0.304. The van der Waals surface area contributed by atoms with Crippen LogP contribution in [0.15, 0.2) is 54.7 Å². The standard InChI is InChI=1S/C30H28Cl2N4O3S/c1-18-17-35(29(33)40-18)14-15-38-22-7-2-19(3-8-22)28-27-24(25-16-21(32)6-11-26(25)34-27)12-13-36(28)30(37)39-23-9-4-20(31)5-10-23/h2-5,7-11,16-17,21,28,33-34H,6,12-15H2,1H3. The molecule has 2 aliphatic rings. The molecule has 3 heterocycles. The van der Waals surface area contributed by atoms with E-state index in [4.69, 9.17) is 38.1 Å². The number of H-pyrrole nitrogens is 1. The Labute approximate surface area is 245 Å². The maximum atomic E-state index is 13.5. The lowest BCUT2D eigenvalue weighted by molar-refractivity contribution is 0.135. The molecule has 1 aliphatic carbocycles. The van der Waals surface area contributed by atoms with E-state index in [-0.39, 0.29) is 11.4 Å². The summed E-state index contributed by atoms with van der Waals surface area (Å²) in [6, 6.07) is 14.2. The molecule has 0 fully saturated rings. The minimum absolute atomic E-state index is 0.0440. The second kappa shape index (κ2) is 11.2. The Morgan fingerprint density at radius 3 is 2.62 bits per heavy atom. The average molecular weight is 596 g/mol. The minimum Gasteiger partial charge on any atom is -0.492 e. The van der Waals surface area contributed by atoms with Gasteiger partial charge in [0.1, 0.15) is 24.1 Å². The number of fused-ring (bicyclic) bond motifs is 3. The molecule has 2 aromatic heterocycles. The van der Waals surface area contributed by atoms with Crippen molar-refractivity contribution in [1.82, 2.24) is 14.5 Å². The number of benzene rings is 2. The fraction of sp³-hybridized carbons (Fsp3) is 0.267. The summed E-state index contributed by atoms with van der Waals surface area (Å²) in [7, 11) is 0. The molecule has 0 spiro atoms. The predicted molar refractivity (Wildman–Crippen MR) is 158 cm³/mol. The third-order valence-electron chi connectivity index (χ3n) is 7.20. The lowest BCUT2D eigenvalue weighted by atomic mass is 9.92. The number of amides is 1. The largest absolute Gasteiger partial charge is 0.492 e. The molecule has 10 heteroatoms. The van der Waals surface area contributed by atoms with Crippen molar-refractivity contribution < 1.29 is 14.3 Å². The Hall–Kier alpha value is -3.46. The van der Waals surface area contributed by atoms with Crippen LogP contribution in [-0.4, -0.2) is 39.1 Å². The van der Waals surface area contributed by atoms with Crippen LogP contribution in [0.2, 0.25) is 5.02 Å². The van der Waals surface area contributed by atoms with Crippen LogP contribution in [0.5, 0.6) is 11.5 Å². The highest BCUT2D eigenvalue weighted by Gasteiger charge is 2.35. The molecular weight excluding hydrogens is 567 g/mol. The van der Waals surface area contributed by atoms with Gasteiger partial charge in [-0.05, 0) is 67.3 Å². The van der Waals surface area contributed by atoms with Crippen LogP contribution in [0, 0.1) is 12.3 Å². The van der Waals surface area contributed by atoms with Crippen molar-refractivity contribution in [3.8, 4) is 11.5 Å². The van der Waals surface area contributed by atoms with E-state index < -0.39 is 6.09 Å². The van der Waals surface area contributed by atoms with Crippen LogP contribution in [-0.2, 0) is 13.0 Å². The third-order valence-corrected chi connectivity index (χ3v) is 8.61. The van der Waals surface area contributed by atoms with E-state index in [0.717, 1.165) is 38.9 Å². The smallest absolute Gasteiger partial charge is 0.416 e. The summed E-state index contributed by atoms with van der Waals surface area (Å²) in [6.45, 7) is 3.55. The monoisotopic (exact) mass is 594 g/mol. The first-order chi connectivity index (χ1) is 19.4. The van der Waals surface area contributed by atoms with Crippen molar-refractivity contribution in [2.75, 3.05) is 13.2 Å². The fourth-order valence-electron chi connectivity index (χ4n) is 5.34. The number of nitrogens with one attached hydrogen (secondary N) is 2. The molecule has 0 bridgehead atoms. The molecule has 0 saturated heterocycles. The maximum Gasteiger partial charge on any atom is 0.416 e. The molecule has 2 N–H and O–H groups in total. The Morgan fingerprint density at radius 1 is 1.15 bits per heavy atom. The number of hydrogen-bond acceptors (Lipinski definition) is 5. The highest BCUT2D eigenvalue weighted by Crippen LogP contribution is 2.34. The third kappa shape index (κ3) is 5.44. The van der Waals surface area contributed by atoms with Gasteiger partial charge in [-0.3, -0.25) is 10.3 Å². The number of rotatable bonds is 6. The van der Waals surface area contributed by atoms with Gasteiger partial charge in [0.2, 0.25) is 0 Å². The van der Waals surface area contributed by atoms with Crippen molar-refractivity contribution in [3.05, 3.63) is 96.8 Å². The number of alkyl halides is 1. The van der Waals surface area contributed by atoms with Crippen LogP contribution in [0.4, 0.5) is 4.79 Å². The first-order valence-corrected chi connectivity index (χ1v) is 14.7. The van der Waals surface area contributed by atoms with Gasteiger partial charge < -0.3 is 19.0 Å². The van der Waals surface area contributed by atoms with E-state index >= 15 is 0 Å². The van der Waals surface area contributed by atoms with E-state index in [0.29, 0.717) is 41.7 Å². The molecule has 6 rings (SSSR count).